The van der Waals surface area contributed by atoms with E-state index in [1.54, 1.807) is 0 Å². The van der Waals surface area contributed by atoms with Crippen LogP contribution in [0.25, 0.3) is 0 Å². The van der Waals surface area contributed by atoms with Gasteiger partial charge in [-0.3, -0.25) is 4.79 Å². The second-order valence-electron chi connectivity index (χ2n) is 5.29. The first-order valence-corrected chi connectivity index (χ1v) is 6.88. The average Bonchev–Trinajstić information content (AvgIpc) is 2.83. The maximum Gasteiger partial charge on any atom is 0.253 e. The minimum atomic E-state index is -0.241. The second kappa shape index (κ2) is 6.06. The Labute approximate surface area is 114 Å². The Balaban J connectivity index is 2.09. The number of amides is 1. The minimum Gasteiger partial charge on any atom is -0.384 e. The molecule has 2 N–H and O–H groups in total. The molecular formula is C15H22N2O2. The Bertz CT molecular complexity index is 440. The third kappa shape index (κ3) is 3.47. The number of anilines is 1. The predicted molar refractivity (Wildman–Crippen MR) is 76.5 cm³/mol. The monoisotopic (exact) mass is 262 g/mol. The highest BCUT2D eigenvalue weighted by atomic mass is 16.5. The fourth-order valence-corrected chi connectivity index (χ4v) is 2.20. The largest absolute Gasteiger partial charge is 0.384 e. The van der Waals surface area contributed by atoms with Gasteiger partial charge in [-0.05, 0) is 31.9 Å². The maximum atomic E-state index is 12.4. The number of hydrogen-bond donors (Lipinski definition) is 2. The van der Waals surface area contributed by atoms with Crippen LogP contribution in [0.15, 0.2) is 24.3 Å². The van der Waals surface area contributed by atoms with Crippen molar-refractivity contribution in [3.05, 3.63) is 29.8 Å². The Morgan fingerprint density at radius 3 is 2.89 bits per heavy atom. The number of carbonyl (C=O) groups is 1. The number of ether oxygens (including phenoxy) is 1. The van der Waals surface area contributed by atoms with Crippen molar-refractivity contribution in [1.82, 2.24) is 5.32 Å². The van der Waals surface area contributed by atoms with E-state index in [4.69, 9.17) is 4.74 Å². The lowest BCUT2D eigenvalue weighted by molar-refractivity contribution is 0.0890. The van der Waals surface area contributed by atoms with Crippen molar-refractivity contribution in [3.8, 4) is 0 Å². The van der Waals surface area contributed by atoms with Crippen molar-refractivity contribution in [2.75, 3.05) is 25.1 Å². The van der Waals surface area contributed by atoms with Crippen LogP contribution in [0.2, 0.25) is 0 Å². The van der Waals surface area contributed by atoms with Gasteiger partial charge >= 0.3 is 0 Å². The lowest BCUT2D eigenvalue weighted by atomic mass is 10.0. The van der Waals surface area contributed by atoms with Gasteiger partial charge in [0.25, 0.3) is 5.91 Å². The van der Waals surface area contributed by atoms with Gasteiger partial charge < -0.3 is 15.4 Å². The second-order valence-corrected chi connectivity index (χ2v) is 5.29. The van der Waals surface area contributed by atoms with Crippen LogP contribution in [-0.4, -0.2) is 31.2 Å². The van der Waals surface area contributed by atoms with Crippen molar-refractivity contribution in [1.29, 1.82) is 0 Å². The molecule has 0 radical (unpaired) electrons. The predicted octanol–water partition coefficient (Wildman–Crippen LogP) is 2.42. The fourth-order valence-electron chi connectivity index (χ4n) is 2.20. The van der Waals surface area contributed by atoms with Crippen LogP contribution in [0.4, 0.5) is 5.69 Å². The zero-order chi connectivity index (χ0) is 13.7. The van der Waals surface area contributed by atoms with E-state index >= 15 is 0 Å². The van der Waals surface area contributed by atoms with E-state index in [0.717, 1.165) is 25.1 Å². The third-order valence-corrected chi connectivity index (χ3v) is 3.37. The molecule has 4 nitrogen and oxygen atoms in total. The van der Waals surface area contributed by atoms with Gasteiger partial charge in [0, 0.05) is 18.8 Å². The molecule has 2 rings (SSSR count). The zero-order valence-corrected chi connectivity index (χ0v) is 11.7. The number of para-hydroxylation sites is 1. The number of carbonyl (C=O) groups excluding carboxylic acids is 1. The van der Waals surface area contributed by atoms with Crippen molar-refractivity contribution in [2.24, 2.45) is 0 Å². The van der Waals surface area contributed by atoms with E-state index in [-0.39, 0.29) is 11.4 Å². The van der Waals surface area contributed by atoms with Crippen LogP contribution in [0.3, 0.4) is 0 Å². The van der Waals surface area contributed by atoms with Crippen molar-refractivity contribution in [3.63, 3.8) is 0 Å². The van der Waals surface area contributed by atoms with Gasteiger partial charge in [0.05, 0.1) is 17.7 Å². The molecule has 1 aliphatic heterocycles. The summed E-state index contributed by atoms with van der Waals surface area (Å²) in [6.07, 6.45) is 1.89. The van der Waals surface area contributed by atoms with Gasteiger partial charge in [-0.15, -0.1) is 0 Å². The molecule has 1 aromatic rings. The maximum absolute atomic E-state index is 12.4. The Hall–Kier alpha value is -1.55. The fraction of sp³-hybridized carbons (Fsp3) is 0.533. The molecule has 1 heterocycles. The summed E-state index contributed by atoms with van der Waals surface area (Å²) in [5, 5.41) is 6.37. The van der Waals surface area contributed by atoms with Crippen LogP contribution >= 0.6 is 0 Å². The van der Waals surface area contributed by atoms with E-state index in [0.29, 0.717) is 18.8 Å². The molecule has 0 aliphatic carbocycles. The molecular weight excluding hydrogens is 240 g/mol. The van der Waals surface area contributed by atoms with Crippen LogP contribution in [0, 0.1) is 0 Å². The summed E-state index contributed by atoms with van der Waals surface area (Å²) >= 11 is 0. The first-order chi connectivity index (χ1) is 9.14. The topological polar surface area (TPSA) is 50.4 Å². The van der Waals surface area contributed by atoms with E-state index < -0.39 is 0 Å². The molecule has 0 aromatic heterocycles. The van der Waals surface area contributed by atoms with Gasteiger partial charge in [0.1, 0.15) is 0 Å². The highest BCUT2D eigenvalue weighted by Crippen LogP contribution is 2.20. The summed E-state index contributed by atoms with van der Waals surface area (Å²) < 4.78 is 5.36. The molecule has 1 aliphatic rings. The lowest BCUT2D eigenvalue weighted by Crippen LogP contribution is -2.46. The molecule has 19 heavy (non-hydrogen) atoms. The molecule has 1 atom stereocenters. The number of benzene rings is 1. The normalized spacial score (nSPS) is 22.2. The third-order valence-electron chi connectivity index (χ3n) is 3.37. The molecule has 0 spiro atoms. The quantitative estimate of drug-likeness (QED) is 0.857. The SMILES string of the molecule is CCCNc1ccccc1C(=O)NC1(C)CCOC1. The molecule has 0 bridgehead atoms. The summed E-state index contributed by atoms with van der Waals surface area (Å²) in [5.74, 6) is -0.0350. The van der Waals surface area contributed by atoms with E-state index in [2.05, 4.69) is 17.6 Å². The summed E-state index contributed by atoms with van der Waals surface area (Å²) in [5.41, 5.74) is 1.35. The number of nitrogens with one attached hydrogen (secondary N) is 2. The molecule has 4 heteroatoms. The van der Waals surface area contributed by atoms with Gasteiger partial charge in [-0.2, -0.15) is 0 Å². The van der Waals surface area contributed by atoms with Gasteiger partial charge in [-0.1, -0.05) is 19.1 Å². The van der Waals surface area contributed by atoms with Crippen molar-refractivity contribution >= 4 is 11.6 Å². The number of rotatable bonds is 5. The van der Waals surface area contributed by atoms with Gasteiger partial charge in [-0.25, -0.2) is 0 Å². The first-order valence-electron chi connectivity index (χ1n) is 6.88. The summed E-state index contributed by atoms with van der Waals surface area (Å²) in [6, 6.07) is 7.62. The molecule has 1 aromatic carbocycles. The molecule has 1 amide bonds. The molecule has 1 unspecified atom stereocenters. The van der Waals surface area contributed by atoms with Gasteiger partial charge in [0.2, 0.25) is 0 Å². The Morgan fingerprint density at radius 1 is 1.42 bits per heavy atom. The summed E-state index contributed by atoms with van der Waals surface area (Å²) in [6.45, 7) is 6.30. The van der Waals surface area contributed by atoms with Crippen LogP contribution in [0.1, 0.15) is 37.0 Å². The molecule has 1 fully saturated rings. The highest BCUT2D eigenvalue weighted by molar-refractivity contribution is 6.00. The lowest BCUT2D eigenvalue weighted by Gasteiger charge is -2.24. The van der Waals surface area contributed by atoms with Crippen molar-refractivity contribution < 1.29 is 9.53 Å². The summed E-state index contributed by atoms with van der Waals surface area (Å²) in [7, 11) is 0. The zero-order valence-electron chi connectivity index (χ0n) is 11.7. The standard InChI is InChI=1S/C15H22N2O2/c1-3-9-16-13-7-5-4-6-12(13)14(18)17-15(2)8-10-19-11-15/h4-7,16H,3,8-11H2,1-2H3,(H,17,18). The van der Waals surface area contributed by atoms with Crippen LogP contribution < -0.4 is 10.6 Å². The van der Waals surface area contributed by atoms with E-state index in [1.165, 1.54) is 0 Å². The molecule has 0 saturated carbocycles. The average molecular weight is 262 g/mol. The molecule has 1 saturated heterocycles. The Kier molecular flexibility index (Phi) is 4.43. The first kappa shape index (κ1) is 13.9. The summed E-state index contributed by atoms with van der Waals surface area (Å²) in [4.78, 5) is 12.4. The van der Waals surface area contributed by atoms with E-state index in [9.17, 15) is 4.79 Å². The van der Waals surface area contributed by atoms with Crippen molar-refractivity contribution in [2.45, 2.75) is 32.2 Å². The highest BCUT2D eigenvalue weighted by Gasteiger charge is 2.31. The van der Waals surface area contributed by atoms with Crippen LogP contribution in [-0.2, 0) is 4.74 Å². The van der Waals surface area contributed by atoms with E-state index in [1.807, 2.05) is 31.2 Å². The minimum absolute atomic E-state index is 0.0350. The van der Waals surface area contributed by atoms with Gasteiger partial charge in [0.15, 0.2) is 0 Å². The smallest absolute Gasteiger partial charge is 0.253 e. The van der Waals surface area contributed by atoms with Crippen LogP contribution in [0.5, 0.6) is 0 Å². The Morgan fingerprint density at radius 2 is 2.21 bits per heavy atom. The number of hydrogen-bond acceptors (Lipinski definition) is 3. The molecule has 104 valence electrons.